The van der Waals surface area contributed by atoms with Crippen molar-refractivity contribution >= 4 is 23.0 Å². The Labute approximate surface area is 166 Å². The highest BCUT2D eigenvalue weighted by molar-refractivity contribution is 5.94. The third kappa shape index (κ3) is 3.22. The number of rotatable bonds is 7. The van der Waals surface area contributed by atoms with E-state index in [2.05, 4.69) is 13.5 Å². The van der Waals surface area contributed by atoms with E-state index in [9.17, 15) is 14.7 Å². The van der Waals surface area contributed by atoms with Crippen molar-refractivity contribution in [1.82, 2.24) is 14.1 Å². The van der Waals surface area contributed by atoms with Crippen molar-refractivity contribution in [3.05, 3.63) is 59.7 Å². The van der Waals surface area contributed by atoms with Gasteiger partial charge in [0.25, 0.3) is 0 Å². The summed E-state index contributed by atoms with van der Waals surface area (Å²) in [4.78, 5) is 25.4. The van der Waals surface area contributed by atoms with Gasteiger partial charge >= 0.3 is 11.9 Å². The average molecular weight is 395 g/mol. The molecule has 2 heterocycles. The second-order valence-electron chi connectivity index (χ2n) is 6.80. The van der Waals surface area contributed by atoms with Crippen LogP contribution in [0.1, 0.15) is 29.8 Å². The molecule has 8 heteroatoms. The van der Waals surface area contributed by atoms with Crippen molar-refractivity contribution in [3.63, 3.8) is 0 Å². The van der Waals surface area contributed by atoms with Crippen LogP contribution in [0.25, 0.3) is 16.7 Å². The van der Waals surface area contributed by atoms with Gasteiger partial charge in [0.05, 0.1) is 5.56 Å². The van der Waals surface area contributed by atoms with Crippen LogP contribution in [0, 0.1) is 0 Å². The third-order valence-corrected chi connectivity index (χ3v) is 4.71. The van der Waals surface area contributed by atoms with Crippen LogP contribution in [0.2, 0.25) is 0 Å². The fourth-order valence-electron chi connectivity index (χ4n) is 3.10. The first kappa shape index (κ1) is 18.7. The van der Waals surface area contributed by atoms with E-state index in [0.717, 1.165) is 23.0 Å². The lowest BCUT2D eigenvalue weighted by Gasteiger charge is -2.07. The molecule has 0 saturated heterocycles. The summed E-state index contributed by atoms with van der Waals surface area (Å²) >= 11 is 0. The number of benzene rings is 2. The molecule has 150 valence electrons. The first-order chi connectivity index (χ1) is 13.9. The second-order valence-corrected chi connectivity index (χ2v) is 6.80. The van der Waals surface area contributed by atoms with E-state index in [0.29, 0.717) is 16.8 Å². The molecule has 4 rings (SSSR count). The smallest absolute Gasteiger partial charge is 0.338 e. The highest BCUT2D eigenvalue weighted by Crippen LogP contribution is 2.31. The SMILES string of the molecule is C=C(C)C(=O)OCCOC(=O)c1ccc2c(c1)n1n(-c3cc(CC)ccc3O)n21. The van der Waals surface area contributed by atoms with Crippen molar-refractivity contribution in [2.75, 3.05) is 13.2 Å². The zero-order valence-electron chi connectivity index (χ0n) is 16.2. The van der Waals surface area contributed by atoms with Crippen LogP contribution >= 0.6 is 0 Å². The molecule has 0 unspecified atom stereocenters. The lowest BCUT2D eigenvalue weighted by atomic mass is 10.1. The van der Waals surface area contributed by atoms with Crippen molar-refractivity contribution in [3.8, 4) is 11.4 Å². The minimum Gasteiger partial charge on any atom is -0.506 e. The molecule has 0 aliphatic heterocycles. The summed E-state index contributed by atoms with van der Waals surface area (Å²) in [6, 6.07) is 10.7. The van der Waals surface area contributed by atoms with Crippen LogP contribution in [0.3, 0.4) is 0 Å². The zero-order valence-corrected chi connectivity index (χ0v) is 16.2. The lowest BCUT2D eigenvalue weighted by Crippen LogP contribution is -2.14. The van der Waals surface area contributed by atoms with Crippen LogP contribution in [-0.4, -0.2) is 44.3 Å². The molecule has 0 aliphatic rings. The Hall–Kier alpha value is -3.68. The normalized spacial score (nSPS) is 11.4. The molecule has 1 N–H and O–H groups in total. The van der Waals surface area contributed by atoms with Gasteiger partial charge in [0.15, 0.2) is 0 Å². The Kier molecular flexibility index (Phi) is 4.54. The predicted molar refractivity (Wildman–Crippen MR) is 106 cm³/mol. The maximum atomic E-state index is 12.3. The quantitative estimate of drug-likeness (QED) is 0.295. The van der Waals surface area contributed by atoms with E-state index in [1.54, 1.807) is 25.1 Å². The number of fused-ring (bicyclic) bond motifs is 4. The summed E-state index contributed by atoms with van der Waals surface area (Å²) in [5.74, 6) is -0.826. The number of carbonyl (C=O) groups is 2. The summed E-state index contributed by atoms with van der Waals surface area (Å²) in [5, 5.41) is 10.2. The molecule has 2 aromatic carbocycles. The van der Waals surface area contributed by atoms with Crippen molar-refractivity contribution < 1.29 is 24.2 Å². The topological polar surface area (TPSA) is 86.6 Å². The second kappa shape index (κ2) is 7.05. The van der Waals surface area contributed by atoms with E-state index < -0.39 is 11.9 Å². The summed E-state index contributed by atoms with van der Waals surface area (Å²) < 4.78 is 13.8. The number of hydrogen-bond acceptors (Lipinski definition) is 5. The minimum atomic E-state index is -0.515. The highest BCUT2D eigenvalue weighted by atomic mass is 16.6. The van der Waals surface area contributed by atoms with Crippen molar-refractivity contribution in [2.45, 2.75) is 20.3 Å². The molecule has 0 radical (unpaired) electrons. The predicted octanol–water partition coefficient (Wildman–Crippen LogP) is 2.96. The molecule has 0 amide bonds. The fourth-order valence-corrected chi connectivity index (χ4v) is 3.10. The molecule has 0 atom stereocenters. The van der Waals surface area contributed by atoms with Gasteiger partial charge < -0.3 is 14.6 Å². The fraction of sp³-hybridized carbons (Fsp3) is 0.238. The summed E-state index contributed by atoms with van der Waals surface area (Å²) in [5.41, 5.74) is 4.26. The third-order valence-electron chi connectivity index (χ3n) is 4.71. The van der Waals surface area contributed by atoms with Crippen LogP contribution in [-0.2, 0) is 20.7 Å². The zero-order chi connectivity index (χ0) is 20.7. The maximum Gasteiger partial charge on any atom is 0.338 e. The molecule has 0 aliphatic carbocycles. The Morgan fingerprint density at radius 1 is 1.03 bits per heavy atom. The molecule has 8 nitrogen and oxygen atoms in total. The summed E-state index contributed by atoms with van der Waals surface area (Å²) in [7, 11) is 0. The first-order valence-corrected chi connectivity index (χ1v) is 9.28. The number of nitrogens with zero attached hydrogens (tertiary/aromatic N) is 3. The van der Waals surface area contributed by atoms with Gasteiger partial charge in [0.2, 0.25) is 0 Å². The molecular weight excluding hydrogens is 374 g/mol. The number of carbonyl (C=O) groups excluding carboxylic acids is 2. The largest absolute Gasteiger partial charge is 0.506 e. The monoisotopic (exact) mass is 395 g/mol. The van der Waals surface area contributed by atoms with Crippen molar-refractivity contribution in [1.29, 1.82) is 0 Å². The van der Waals surface area contributed by atoms with Gasteiger partial charge in [0, 0.05) is 5.57 Å². The molecule has 0 spiro atoms. The number of hydrogen-bond donors (Lipinski definition) is 1. The molecule has 2 aromatic heterocycles. The van der Waals surface area contributed by atoms with Crippen LogP contribution < -0.4 is 0 Å². The molecule has 4 aromatic rings. The van der Waals surface area contributed by atoms with Crippen LogP contribution in [0.5, 0.6) is 5.75 Å². The number of phenolic OH excluding ortho intramolecular Hbond substituents is 1. The van der Waals surface area contributed by atoms with Crippen molar-refractivity contribution in [2.24, 2.45) is 0 Å². The Morgan fingerprint density at radius 3 is 2.48 bits per heavy atom. The Balaban J connectivity index is 1.48. The number of aromatic nitrogens is 3. The Morgan fingerprint density at radius 2 is 1.76 bits per heavy atom. The van der Waals surface area contributed by atoms with Gasteiger partial charge in [-0.25, -0.2) is 9.59 Å². The highest BCUT2D eigenvalue weighted by Gasteiger charge is 2.26. The van der Waals surface area contributed by atoms with Gasteiger partial charge in [-0.05, 0) is 49.2 Å². The van der Waals surface area contributed by atoms with Crippen LogP contribution in [0.15, 0.2) is 48.6 Å². The van der Waals surface area contributed by atoms with Gasteiger partial charge in [0.1, 0.15) is 35.7 Å². The average Bonchev–Trinajstić information content (AvgIpc) is 3.37. The summed E-state index contributed by atoms with van der Waals surface area (Å²) in [6.45, 7) is 7.03. The van der Waals surface area contributed by atoms with E-state index in [1.807, 2.05) is 32.3 Å². The summed E-state index contributed by atoms with van der Waals surface area (Å²) in [6.07, 6.45) is 0.867. The number of aryl methyl sites for hydroxylation is 1. The van der Waals surface area contributed by atoms with Gasteiger partial charge in [-0.15, -0.1) is 14.1 Å². The number of esters is 2. The van der Waals surface area contributed by atoms with E-state index >= 15 is 0 Å². The first-order valence-electron chi connectivity index (χ1n) is 9.28. The van der Waals surface area contributed by atoms with E-state index in [1.165, 1.54) is 0 Å². The standard InChI is InChI=1S/C21H21N3O5/c1-4-14-5-8-19(25)18(11-14)24-22-16-7-6-15(12-17(16)23(22)24)21(27)29-10-9-28-20(26)13(2)3/h5-8,11-12,25H,2,4,9-10H2,1,3H3. The van der Waals surface area contributed by atoms with Gasteiger partial charge in [-0.3, -0.25) is 0 Å². The lowest BCUT2D eigenvalue weighted by molar-refractivity contribution is -0.140. The molecule has 29 heavy (non-hydrogen) atoms. The van der Waals surface area contributed by atoms with E-state index in [-0.39, 0.29) is 19.0 Å². The number of ether oxygens (including phenoxy) is 2. The van der Waals surface area contributed by atoms with Crippen LogP contribution in [0.4, 0.5) is 0 Å². The molecular formula is C21H21N3O5. The number of aromatic hydroxyl groups is 1. The van der Waals surface area contributed by atoms with E-state index in [4.69, 9.17) is 9.47 Å². The maximum absolute atomic E-state index is 12.3. The van der Waals surface area contributed by atoms with Gasteiger partial charge in [-0.1, -0.05) is 19.6 Å². The Bertz CT molecular complexity index is 1230. The number of phenols is 1. The minimum absolute atomic E-state index is 0.0247. The molecule has 0 saturated carbocycles. The molecule has 0 fully saturated rings. The van der Waals surface area contributed by atoms with Gasteiger partial charge in [-0.2, -0.15) is 0 Å². The molecule has 0 bridgehead atoms.